The van der Waals surface area contributed by atoms with E-state index >= 15 is 0 Å². The lowest BCUT2D eigenvalue weighted by atomic mass is 10.1. The third-order valence-corrected chi connectivity index (χ3v) is 2.25. The minimum absolute atomic E-state index is 0.430. The van der Waals surface area contributed by atoms with Gasteiger partial charge < -0.3 is 15.8 Å². The maximum Gasteiger partial charge on any atom is 0.150 e. The topological polar surface area (TPSA) is 73.1 Å². The molecule has 2 rings (SSSR count). The predicted molar refractivity (Wildman–Crippen MR) is 53.9 cm³/mol. The fourth-order valence-corrected chi connectivity index (χ4v) is 1.50. The van der Waals surface area contributed by atoms with Gasteiger partial charge in [-0.3, -0.25) is 0 Å². The first kappa shape index (κ1) is 9.21. The van der Waals surface area contributed by atoms with Crippen molar-refractivity contribution in [3.63, 3.8) is 0 Å². The van der Waals surface area contributed by atoms with E-state index in [0.29, 0.717) is 11.7 Å². The van der Waals surface area contributed by atoms with Crippen molar-refractivity contribution >= 4 is 11.5 Å². The largest absolute Gasteiger partial charge is 0.397 e. The zero-order valence-electron chi connectivity index (χ0n) is 7.94. The van der Waals surface area contributed by atoms with Gasteiger partial charge in [0, 0.05) is 25.3 Å². The van der Waals surface area contributed by atoms with E-state index in [2.05, 4.69) is 15.5 Å². The van der Waals surface area contributed by atoms with Gasteiger partial charge >= 0.3 is 0 Å². The van der Waals surface area contributed by atoms with E-state index in [1.807, 2.05) is 0 Å². The van der Waals surface area contributed by atoms with Crippen molar-refractivity contribution in [2.45, 2.75) is 18.9 Å². The third-order valence-electron chi connectivity index (χ3n) is 2.25. The first-order valence-electron chi connectivity index (χ1n) is 4.77. The van der Waals surface area contributed by atoms with Crippen molar-refractivity contribution in [2.75, 3.05) is 24.3 Å². The molecule has 0 atom stereocenters. The fourth-order valence-electron chi connectivity index (χ4n) is 1.50. The van der Waals surface area contributed by atoms with Crippen LogP contribution in [0.5, 0.6) is 0 Å². The summed E-state index contributed by atoms with van der Waals surface area (Å²) >= 11 is 0. The Morgan fingerprint density at radius 1 is 1.43 bits per heavy atom. The maximum absolute atomic E-state index is 5.60. The molecule has 0 radical (unpaired) electrons. The van der Waals surface area contributed by atoms with Crippen molar-refractivity contribution in [2.24, 2.45) is 0 Å². The summed E-state index contributed by atoms with van der Waals surface area (Å²) in [7, 11) is 0. The van der Waals surface area contributed by atoms with Crippen LogP contribution in [0, 0.1) is 0 Å². The Hall–Kier alpha value is -1.36. The molecule has 3 N–H and O–H groups in total. The number of nitrogen functional groups attached to an aromatic ring is 1. The van der Waals surface area contributed by atoms with Crippen LogP contribution in [0.15, 0.2) is 12.3 Å². The molecule has 76 valence electrons. The van der Waals surface area contributed by atoms with Crippen LogP contribution >= 0.6 is 0 Å². The molecule has 1 saturated heterocycles. The van der Waals surface area contributed by atoms with Gasteiger partial charge in [0.25, 0.3) is 0 Å². The second kappa shape index (κ2) is 4.23. The monoisotopic (exact) mass is 194 g/mol. The Bertz CT molecular complexity index is 299. The van der Waals surface area contributed by atoms with E-state index in [0.717, 1.165) is 31.9 Å². The Morgan fingerprint density at radius 2 is 2.21 bits per heavy atom. The van der Waals surface area contributed by atoms with Gasteiger partial charge in [-0.1, -0.05) is 0 Å². The van der Waals surface area contributed by atoms with Crippen LogP contribution in [-0.2, 0) is 4.74 Å². The normalized spacial score (nSPS) is 18.0. The number of nitrogens with two attached hydrogens (primary N) is 1. The number of aromatic nitrogens is 2. The number of anilines is 2. The fraction of sp³-hybridized carbons (Fsp3) is 0.556. The summed E-state index contributed by atoms with van der Waals surface area (Å²) in [6.07, 6.45) is 3.56. The molecule has 0 aliphatic carbocycles. The van der Waals surface area contributed by atoms with Crippen LogP contribution < -0.4 is 11.1 Å². The molecule has 0 saturated carbocycles. The molecule has 1 fully saturated rings. The quantitative estimate of drug-likeness (QED) is 0.723. The van der Waals surface area contributed by atoms with Crippen LogP contribution in [0.3, 0.4) is 0 Å². The third kappa shape index (κ3) is 2.32. The van der Waals surface area contributed by atoms with Crippen LogP contribution in [-0.4, -0.2) is 29.5 Å². The average Bonchev–Trinajstić information content (AvgIpc) is 2.19. The van der Waals surface area contributed by atoms with Crippen LogP contribution in [0.1, 0.15) is 12.8 Å². The average molecular weight is 194 g/mol. The van der Waals surface area contributed by atoms with Crippen LogP contribution in [0.4, 0.5) is 11.5 Å². The Kier molecular flexibility index (Phi) is 2.78. The van der Waals surface area contributed by atoms with Crippen molar-refractivity contribution in [3.8, 4) is 0 Å². The van der Waals surface area contributed by atoms with Gasteiger partial charge in [0.05, 0.1) is 11.9 Å². The molecule has 0 aromatic carbocycles. The highest BCUT2D eigenvalue weighted by atomic mass is 16.5. The summed E-state index contributed by atoms with van der Waals surface area (Å²) in [6, 6.07) is 2.22. The molecule has 5 nitrogen and oxygen atoms in total. The Balaban J connectivity index is 1.95. The molecule has 2 heterocycles. The molecular formula is C9H14N4O. The summed E-state index contributed by atoms with van der Waals surface area (Å²) in [6.45, 7) is 1.63. The molecule has 0 unspecified atom stereocenters. The molecule has 0 spiro atoms. The van der Waals surface area contributed by atoms with Crippen molar-refractivity contribution in [3.05, 3.63) is 12.3 Å². The molecule has 1 aliphatic rings. The summed E-state index contributed by atoms with van der Waals surface area (Å²) < 4.78 is 5.26. The smallest absolute Gasteiger partial charge is 0.150 e. The van der Waals surface area contributed by atoms with E-state index in [-0.39, 0.29) is 0 Å². The molecule has 1 aromatic rings. The second-order valence-corrected chi connectivity index (χ2v) is 3.41. The Labute approximate surface area is 82.7 Å². The van der Waals surface area contributed by atoms with Gasteiger partial charge in [0.2, 0.25) is 0 Å². The first-order chi connectivity index (χ1) is 6.84. The Morgan fingerprint density at radius 3 is 2.93 bits per heavy atom. The zero-order valence-corrected chi connectivity index (χ0v) is 7.94. The molecule has 5 heteroatoms. The number of ether oxygens (including phenoxy) is 1. The minimum atomic E-state index is 0.430. The maximum atomic E-state index is 5.60. The highest BCUT2D eigenvalue weighted by Crippen LogP contribution is 2.13. The predicted octanol–water partition coefficient (Wildman–Crippen LogP) is 0.650. The number of nitrogens with zero attached hydrogens (tertiary/aromatic N) is 2. The SMILES string of the molecule is Nc1cnnc(NC2CCOCC2)c1. The molecular weight excluding hydrogens is 180 g/mol. The molecule has 1 aliphatic heterocycles. The molecule has 1 aromatic heterocycles. The lowest BCUT2D eigenvalue weighted by Gasteiger charge is -2.23. The van der Waals surface area contributed by atoms with E-state index in [1.165, 1.54) is 6.20 Å². The van der Waals surface area contributed by atoms with Crippen molar-refractivity contribution in [1.29, 1.82) is 0 Å². The second-order valence-electron chi connectivity index (χ2n) is 3.41. The van der Waals surface area contributed by atoms with Gasteiger partial charge in [-0.25, -0.2) is 0 Å². The highest BCUT2D eigenvalue weighted by Gasteiger charge is 2.13. The molecule has 0 bridgehead atoms. The van der Waals surface area contributed by atoms with Gasteiger partial charge in [0.15, 0.2) is 5.82 Å². The van der Waals surface area contributed by atoms with E-state index in [1.54, 1.807) is 6.07 Å². The van der Waals surface area contributed by atoms with Gasteiger partial charge in [0.1, 0.15) is 0 Å². The minimum Gasteiger partial charge on any atom is -0.397 e. The first-order valence-corrected chi connectivity index (χ1v) is 4.77. The van der Waals surface area contributed by atoms with Gasteiger partial charge in [-0.2, -0.15) is 5.10 Å². The van der Waals surface area contributed by atoms with E-state index < -0.39 is 0 Å². The molecule has 14 heavy (non-hydrogen) atoms. The lowest BCUT2D eigenvalue weighted by molar-refractivity contribution is 0.0903. The van der Waals surface area contributed by atoms with E-state index in [9.17, 15) is 0 Å². The van der Waals surface area contributed by atoms with Gasteiger partial charge in [-0.05, 0) is 12.8 Å². The number of rotatable bonds is 2. The van der Waals surface area contributed by atoms with E-state index in [4.69, 9.17) is 10.5 Å². The summed E-state index contributed by atoms with van der Waals surface area (Å²) in [5.41, 5.74) is 6.23. The number of nitrogens with one attached hydrogen (secondary N) is 1. The lowest BCUT2D eigenvalue weighted by Crippen LogP contribution is -2.28. The van der Waals surface area contributed by atoms with Crippen LogP contribution in [0.2, 0.25) is 0 Å². The standard InChI is InChI=1S/C9H14N4O/c10-7-5-9(13-11-6-7)12-8-1-3-14-4-2-8/h5-6,8H,1-4H2,(H3,10,12,13). The number of hydrogen-bond acceptors (Lipinski definition) is 5. The van der Waals surface area contributed by atoms with Gasteiger partial charge in [-0.15, -0.1) is 5.10 Å². The summed E-state index contributed by atoms with van der Waals surface area (Å²) in [5.74, 6) is 0.747. The summed E-state index contributed by atoms with van der Waals surface area (Å²) in [4.78, 5) is 0. The molecule has 0 amide bonds. The zero-order chi connectivity index (χ0) is 9.80. The summed E-state index contributed by atoms with van der Waals surface area (Å²) in [5, 5.41) is 11.0. The van der Waals surface area contributed by atoms with Crippen molar-refractivity contribution in [1.82, 2.24) is 10.2 Å². The number of hydrogen-bond donors (Lipinski definition) is 2. The van der Waals surface area contributed by atoms with Crippen molar-refractivity contribution < 1.29 is 4.74 Å². The van der Waals surface area contributed by atoms with Crippen LogP contribution in [0.25, 0.3) is 0 Å². The highest BCUT2D eigenvalue weighted by molar-refractivity contribution is 5.46.